The Bertz CT molecular complexity index is 230. The zero-order valence-corrected chi connectivity index (χ0v) is 9.24. The maximum Gasteiger partial charge on any atom is 0.137 e. The van der Waals surface area contributed by atoms with Crippen molar-refractivity contribution in [2.45, 2.75) is 12.6 Å². The van der Waals surface area contributed by atoms with E-state index in [0.29, 0.717) is 6.17 Å². The standard InChI is InChI=1S/C9H14N2S2/c1-2-4-10-5-3-6-11-8(10)7-13-9(11)12/h2,8H,1,3-7H2/t8-/m0/s1. The van der Waals surface area contributed by atoms with E-state index >= 15 is 0 Å². The molecule has 0 bridgehead atoms. The molecule has 2 rings (SSSR count). The van der Waals surface area contributed by atoms with Crippen molar-refractivity contribution in [1.82, 2.24) is 9.80 Å². The summed E-state index contributed by atoms with van der Waals surface area (Å²) in [5, 5.41) is 0. The summed E-state index contributed by atoms with van der Waals surface area (Å²) in [5.41, 5.74) is 0. The molecular weight excluding hydrogens is 200 g/mol. The SMILES string of the molecule is C=CCN1CCCN2C(=S)SC[C@@H]12. The summed E-state index contributed by atoms with van der Waals surface area (Å²) in [6.45, 7) is 7.11. The van der Waals surface area contributed by atoms with Crippen molar-refractivity contribution >= 4 is 28.3 Å². The van der Waals surface area contributed by atoms with Crippen LogP contribution < -0.4 is 0 Å². The van der Waals surface area contributed by atoms with Gasteiger partial charge in [-0.3, -0.25) is 4.90 Å². The lowest BCUT2D eigenvalue weighted by Gasteiger charge is -2.39. The van der Waals surface area contributed by atoms with Crippen LogP contribution in [0, 0.1) is 0 Å². The molecule has 0 saturated carbocycles. The van der Waals surface area contributed by atoms with E-state index in [1.54, 1.807) is 0 Å². The van der Waals surface area contributed by atoms with Crippen molar-refractivity contribution in [2.75, 3.05) is 25.4 Å². The molecule has 72 valence electrons. The first-order chi connectivity index (χ1) is 6.33. The summed E-state index contributed by atoms with van der Waals surface area (Å²) >= 11 is 7.10. The van der Waals surface area contributed by atoms with Crippen LogP contribution in [0.3, 0.4) is 0 Å². The van der Waals surface area contributed by atoms with E-state index < -0.39 is 0 Å². The maximum atomic E-state index is 5.29. The van der Waals surface area contributed by atoms with E-state index in [1.165, 1.54) is 13.0 Å². The van der Waals surface area contributed by atoms with Gasteiger partial charge in [-0.2, -0.15) is 0 Å². The minimum Gasteiger partial charge on any atom is -0.341 e. The monoisotopic (exact) mass is 214 g/mol. The van der Waals surface area contributed by atoms with Gasteiger partial charge in [0, 0.05) is 25.4 Å². The third-order valence-corrected chi connectivity index (χ3v) is 4.11. The van der Waals surface area contributed by atoms with Crippen LogP contribution >= 0.6 is 24.0 Å². The van der Waals surface area contributed by atoms with E-state index in [9.17, 15) is 0 Å². The molecule has 2 fully saturated rings. The quantitative estimate of drug-likeness (QED) is 0.508. The number of hydrogen-bond acceptors (Lipinski definition) is 3. The zero-order valence-electron chi connectivity index (χ0n) is 7.61. The molecule has 4 heteroatoms. The first kappa shape index (κ1) is 9.49. The van der Waals surface area contributed by atoms with Crippen LogP contribution in [0.4, 0.5) is 0 Å². The van der Waals surface area contributed by atoms with Crippen LogP contribution in [-0.4, -0.2) is 45.7 Å². The minimum atomic E-state index is 0.546. The van der Waals surface area contributed by atoms with Crippen LogP contribution in [-0.2, 0) is 0 Å². The number of rotatable bonds is 2. The highest BCUT2D eigenvalue weighted by Gasteiger charge is 2.35. The number of fused-ring (bicyclic) bond motifs is 1. The summed E-state index contributed by atoms with van der Waals surface area (Å²) in [6.07, 6.45) is 3.75. The second-order valence-electron chi connectivity index (χ2n) is 3.39. The van der Waals surface area contributed by atoms with E-state index in [1.807, 2.05) is 17.8 Å². The fourth-order valence-electron chi connectivity index (χ4n) is 1.96. The van der Waals surface area contributed by atoms with Gasteiger partial charge in [-0.1, -0.05) is 30.1 Å². The Morgan fingerprint density at radius 2 is 2.46 bits per heavy atom. The van der Waals surface area contributed by atoms with Crippen molar-refractivity contribution in [1.29, 1.82) is 0 Å². The van der Waals surface area contributed by atoms with Crippen molar-refractivity contribution in [3.8, 4) is 0 Å². The molecule has 1 atom stereocenters. The van der Waals surface area contributed by atoms with E-state index in [2.05, 4.69) is 16.4 Å². The molecule has 0 amide bonds. The van der Waals surface area contributed by atoms with Crippen LogP contribution in [0.25, 0.3) is 0 Å². The molecule has 0 spiro atoms. The topological polar surface area (TPSA) is 6.48 Å². The molecule has 0 unspecified atom stereocenters. The number of thioether (sulfide) groups is 1. The number of nitrogens with zero attached hydrogens (tertiary/aromatic N) is 2. The van der Waals surface area contributed by atoms with Gasteiger partial charge in [0.15, 0.2) is 0 Å². The summed E-state index contributed by atoms with van der Waals surface area (Å²) < 4.78 is 1.08. The normalized spacial score (nSPS) is 29.1. The highest BCUT2D eigenvalue weighted by atomic mass is 32.2. The molecule has 13 heavy (non-hydrogen) atoms. The van der Waals surface area contributed by atoms with Gasteiger partial charge in [0.2, 0.25) is 0 Å². The lowest BCUT2D eigenvalue weighted by molar-refractivity contribution is 0.0877. The van der Waals surface area contributed by atoms with Crippen LogP contribution in [0.2, 0.25) is 0 Å². The van der Waals surface area contributed by atoms with Crippen LogP contribution in [0.5, 0.6) is 0 Å². The van der Waals surface area contributed by atoms with Crippen molar-refractivity contribution in [3.05, 3.63) is 12.7 Å². The van der Waals surface area contributed by atoms with Gasteiger partial charge in [0.1, 0.15) is 4.32 Å². The van der Waals surface area contributed by atoms with Crippen molar-refractivity contribution in [2.24, 2.45) is 0 Å². The van der Waals surface area contributed by atoms with E-state index in [4.69, 9.17) is 12.2 Å². The zero-order chi connectivity index (χ0) is 9.26. The van der Waals surface area contributed by atoms with Gasteiger partial charge in [-0.15, -0.1) is 6.58 Å². The predicted molar refractivity (Wildman–Crippen MR) is 61.9 cm³/mol. The van der Waals surface area contributed by atoms with Crippen LogP contribution in [0.1, 0.15) is 6.42 Å². The average Bonchev–Trinajstić information content (AvgIpc) is 2.50. The molecule has 2 heterocycles. The Morgan fingerprint density at radius 1 is 1.62 bits per heavy atom. The van der Waals surface area contributed by atoms with Crippen molar-refractivity contribution < 1.29 is 0 Å². The molecule has 2 aliphatic rings. The molecule has 2 aliphatic heterocycles. The number of thiocarbonyl (C=S) groups is 1. The Balaban J connectivity index is 2.06. The third kappa shape index (κ3) is 1.75. The van der Waals surface area contributed by atoms with Gasteiger partial charge in [0.05, 0.1) is 6.17 Å². The van der Waals surface area contributed by atoms with E-state index in [-0.39, 0.29) is 0 Å². The van der Waals surface area contributed by atoms with Crippen molar-refractivity contribution in [3.63, 3.8) is 0 Å². The predicted octanol–water partition coefficient (Wildman–Crippen LogP) is 1.54. The van der Waals surface area contributed by atoms with Gasteiger partial charge in [0.25, 0.3) is 0 Å². The lowest BCUT2D eigenvalue weighted by atomic mass is 10.2. The smallest absolute Gasteiger partial charge is 0.137 e. The summed E-state index contributed by atoms with van der Waals surface area (Å²) in [4.78, 5) is 4.82. The first-order valence-corrected chi connectivity index (χ1v) is 6.00. The van der Waals surface area contributed by atoms with E-state index in [0.717, 1.165) is 23.2 Å². The van der Waals surface area contributed by atoms with Gasteiger partial charge < -0.3 is 4.90 Å². The van der Waals surface area contributed by atoms with Crippen LogP contribution in [0.15, 0.2) is 12.7 Å². The molecular formula is C9H14N2S2. The molecule has 0 radical (unpaired) electrons. The molecule has 0 aliphatic carbocycles. The molecule has 0 N–H and O–H groups in total. The second-order valence-corrected chi connectivity index (χ2v) is 5.04. The fourth-order valence-corrected chi connectivity index (χ4v) is 3.43. The third-order valence-electron chi connectivity index (χ3n) is 2.58. The van der Waals surface area contributed by atoms with Gasteiger partial charge in [-0.05, 0) is 6.42 Å². The molecule has 2 nitrogen and oxygen atoms in total. The maximum absolute atomic E-state index is 5.29. The first-order valence-electron chi connectivity index (χ1n) is 4.61. The molecule has 0 aromatic heterocycles. The Labute approximate surface area is 89.0 Å². The lowest BCUT2D eigenvalue weighted by Crippen LogP contribution is -2.52. The number of hydrogen-bond donors (Lipinski definition) is 0. The molecule has 0 aromatic rings. The average molecular weight is 214 g/mol. The Morgan fingerprint density at radius 3 is 3.23 bits per heavy atom. The highest BCUT2D eigenvalue weighted by molar-refractivity contribution is 8.23. The second kappa shape index (κ2) is 3.98. The Hall–Kier alpha value is -0.0600. The summed E-state index contributed by atoms with van der Waals surface area (Å²) in [6, 6.07) is 0. The fraction of sp³-hybridized carbons (Fsp3) is 0.667. The van der Waals surface area contributed by atoms with Gasteiger partial charge in [-0.25, -0.2) is 0 Å². The highest BCUT2D eigenvalue weighted by Crippen LogP contribution is 2.29. The Kier molecular flexibility index (Phi) is 2.91. The summed E-state index contributed by atoms with van der Waals surface area (Å²) in [5.74, 6) is 1.13. The largest absolute Gasteiger partial charge is 0.341 e. The minimum absolute atomic E-state index is 0.546. The summed E-state index contributed by atoms with van der Waals surface area (Å²) in [7, 11) is 0. The molecule has 2 saturated heterocycles. The molecule has 0 aromatic carbocycles. The van der Waals surface area contributed by atoms with Gasteiger partial charge >= 0.3 is 0 Å².